The quantitative estimate of drug-likeness (QED) is 0.780. The monoisotopic (exact) mass is 274 g/mol. The molecule has 0 saturated heterocycles. The van der Waals surface area contributed by atoms with Gasteiger partial charge < -0.3 is 10.2 Å². The van der Waals surface area contributed by atoms with E-state index in [2.05, 4.69) is 49.3 Å². The van der Waals surface area contributed by atoms with Crippen molar-refractivity contribution in [2.45, 2.75) is 65.0 Å². The lowest BCUT2D eigenvalue weighted by Gasteiger charge is -2.33. The minimum Gasteiger partial charge on any atom is -0.372 e. The van der Waals surface area contributed by atoms with Crippen LogP contribution in [-0.4, -0.2) is 19.6 Å². The van der Waals surface area contributed by atoms with Crippen LogP contribution in [0.1, 0.15) is 56.6 Å². The van der Waals surface area contributed by atoms with Crippen molar-refractivity contribution in [2.24, 2.45) is 0 Å². The van der Waals surface area contributed by atoms with Crippen LogP contribution in [0.5, 0.6) is 0 Å². The first kappa shape index (κ1) is 15.4. The second-order valence-corrected chi connectivity index (χ2v) is 6.19. The van der Waals surface area contributed by atoms with Crippen LogP contribution < -0.4 is 10.2 Å². The number of benzene rings is 1. The zero-order valence-electron chi connectivity index (χ0n) is 13.4. The average Bonchev–Trinajstić information content (AvgIpc) is 2.49. The molecule has 2 nitrogen and oxygen atoms in total. The van der Waals surface area contributed by atoms with Crippen molar-refractivity contribution in [1.82, 2.24) is 5.32 Å². The maximum absolute atomic E-state index is 3.49. The number of rotatable bonds is 6. The molecule has 1 aromatic rings. The highest BCUT2D eigenvalue weighted by atomic mass is 15.1. The van der Waals surface area contributed by atoms with Gasteiger partial charge in [-0.3, -0.25) is 0 Å². The average molecular weight is 274 g/mol. The van der Waals surface area contributed by atoms with Gasteiger partial charge in [-0.15, -0.1) is 0 Å². The number of aryl methyl sites for hydroxylation is 1. The van der Waals surface area contributed by atoms with Crippen molar-refractivity contribution in [1.29, 1.82) is 0 Å². The number of nitrogens with one attached hydrogen (secondary N) is 1. The molecule has 1 saturated carbocycles. The summed E-state index contributed by atoms with van der Waals surface area (Å²) < 4.78 is 0. The van der Waals surface area contributed by atoms with Crippen LogP contribution in [0.3, 0.4) is 0 Å². The minimum atomic E-state index is 0.743. The second-order valence-electron chi connectivity index (χ2n) is 6.19. The SMILES string of the molecule is CCCNCc1ccc(N(C)C2CCCCC2)cc1C. The predicted molar refractivity (Wildman–Crippen MR) is 88.5 cm³/mol. The molecule has 112 valence electrons. The molecule has 1 aliphatic rings. The first-order chi connectivity index (χ1) is 9.72. The first-order valence-corrected chi connectivity index (χ1v) is 8.25. The largest absolute Gasteiger partial charge is 0.372 e. The molecule has 1 N–H and O–H groups in total. The molecule has 0 atom stereocenters. The highest BCUT2D eigenvalue weighted by molar-refractivity contribution is 5.51. The fraction of sp³-hybridized carbons (Fsp3) is 0.667. The molecule has 0 unspecified atom stereocenters. The summed E-state index contributed by atoms with van der Waals surface area (Å²) in [5.41, 5.74) is 4.22. The lowest BCUT2D eigenvalue weighted by atomic mass is 9.94. The van der Waals surface area contributed by atoms with E-state index in [0.29, 0.717) is 0 Å². The summed E-state index contributed by atoms with van der Waals surface area (Å²) in [6, 6.07) is 7.70. The van der Waals surface area contributed by atoms with Crippen LogP contribution in [0.25, 0.3) is 0 Å². The highest BCUT2D eigenvalue weighted by Crippen LogP contribution is 2.27. The van der Waals surface area contributed by atoms with E-state index in [0.717, 1.165) is 19.1 Å². The van der Waals surface area contributed by atoms with Crippen LogP contribution in [0, 0.1) is 6.92 Å². The molecule has 2 heteroatoms. The Hall–Kier alpha value is -1.02. The summed E-state index contributed by atoms with van der Waals surface area (Å²) in [5.74, 6) is 0. The molecule has 1 fully saturated rings. The number of hydrogen-bond acceptors (Lipinski definition) is 2. The molecule has 20 heavy (non-hydrogen) atoms. The maximum atomic E-state index is 3.49. The minimum absolute atomic E-state index is 0.743. The highest BCUT2D eigenvalue weighted by Gasteiger charge is 2.18. The molecule has 0 amide bonds. The van der Waals surface area contributed by atoms with E-state index in [9.17, 15) is 0 Å². The smallest absolute Gasteiger partial charge is 0.0368 e. The molecule has 0 aliphatic heterocycles. The molecule has 0 heterocycles. The van der Waals surface area contributed by atoms with Gasteiger partial charge in [0.1, 0.15) is 0 Å². The molecule has 0 bridgehead atoms. The first-order valence-electron chi connectivity index (χ1n) is 8.25. The third-order valence-electron chi connectivity index (χ3n) is 4.60. The third-order valence-corrected chi connectivity index (χ3v) is 4.60. The van der Waals surface area contributed by atoms with Gasteiger partial charge in [-0.05, 0) is 56.0 Å². The maximum Gasteiger partial charge on any atom is 0.0368 e. The zero-order valence-corrected chi connectivity index (χ0v) is 13.4. The molecular weight excluding hydrogens is 244 g/mol. The van der Waals surface area contributed by atoms with Crippen molar-refractivity contribution >= 4 is 5.69 Å². The van der Waals surface area contributed by atoms with Gasteiger partial charge in [0.05, 0.1) is 0 Å². The molecule has 0 spiro atoms. The Morgan fingerprint density at radius 1 is 1.20 bits per heavy atom. The fourth-order valence-corrected chi connectivity index (χ4v) is 3.18. The van der Waals surface area contributed by atoms with Crippen LogP contribution >= 0.6 is 0 Å². The van der Waals surface area contributed by atoms with Gasteiger partial charge in [0.25, 0.3) is 0 Å². The van der Waals surface area contributed by atoms with Crippen LogP contribution in [0.2, 0.25) is 0 Å². The Morgan fingerprint density at radius 2 is 1.95 bits per heavy atom. The van der Waals surface area contributed by atoms with Gasteiger partial charge in [0.15, 0.2) is 0 Å². The fourth-order valence-electron chi connectivity index (χ4n) is 3.18. The van der Waals surface area contributed by atoms with E-state index < -0.39 is 0 Å². The lowest BCUT2D eigenvalue weighted by molar-refractivity contribution is 0.427. The van der Waals surface area contributed by atoms with Gasteiger partial charge in [-0.1, -0.05) is 32.3 Å². The van der Waals surface area contributed by atoms with E-state index in [4.69, 9.17) is 0 Å². The van der Waals surface area contributed by atoms with E-state index in [1.807, 2.05) is 0 Å². The topological polar surface area (TPSA) is 15.3 Å². The van der Waals surface area contributed by atoms with Crippen LogP contribution in [0.15, 0.2) is 18.2 Å². The molecule has 1 aliphatic carbocycles. The summed E-state index contributed by atoms with van der Waals surface area (Å²) in [6.45, 7) is 6.54. The van der Waals surface area contributed by atoms with Gasteiger partial charge >= 0.3 is 0 Å². The van der Waals surface area contributed by atoms with E-state index in [1.165, 1.54) is 55.3 Å². The summed E-state index contributed by atoms with van der Waals surface area (Å²) in [5, 5.41) is 3.49. The van der Waals surface area contributed by atoms with Crippen LogP contribution in [-0.2, 0) is 6.54 Å². The molecule has 1 aromatic carbocycles. The van der Waals surface area contributed by atoms with Crippen LogP contribution in [0.4, 0.5) is 5.69 Å². The summed E-state index contributed by atoms with van der Waals surface area (Å²) in [6.07, 6.45) is 8.12. The number of hydrogen-bond donors (Lipinski definition) is 1. The standard InChI is InChI=1S/C18H30N2/c1-4-12-19-14-16-10-11-18(13-15(16)2)20(3)17-8-6-5-7-9-17/h10-11,13,17,19H,4-9,12,14H2,1-3H3. The Bertz CT molecular complexity index is 408. The Morgan fingerprint density at radius 3 is 2.60 bits per heavy atom. The predicted octanol–water partition coefficient (Wildman–Crippen LogP) is 4.26. The van der Waals surface area contributed by atoms with Gasteiger partial charge in [-0.2, -0.15) is 0 Å². The van der Waals surface area contributed by atoms with E-state index in [1.54, 1.807) is 0 Å². The summed E-state index contributed by atoms with van der Waals surface area (Å²) in [4.78, 5) is 2.50. The van der Waals surface area contributed by atoms with Crippen molar-refractivity contribution in [2.75, 3.05) is 18.5 Å². The normalized spacial score (nSPS) is 16.4. The second kappa shape index (κ2) is 7.68. The number of anilines is 1. The molecule has 2 rings (SSSR count). The summed E-state index contributed by atoms with van der Waals surface area (Å²) in [7, 11) is 2.26. The Balaban J connectivity index is 1.99. The lowest BCUT2D eigenvalue weighted by Crippen LogP contribution is -2.33. The Kier molecular flexibility index (Phi) is 5.90. The van der Waals surface area contributed by atoms with E-state index in [-0.39, 0.29) is 0 Å². The van der Waals surface area contributed by atoms with Crippen molar-refractivity contribution < 1.29 is 0 Å². The van der Waals surface area contributed by atoms with Crippen molar-refractivity contribution in [3.8, 4) is 0 Å². The third kappa shape index (κ3) is 3.99. The van der Waals surface area contributed by atoms with E-state index >= 15 is 0 Å². The summed E-state index contributed by atoms with van der Waals surface area (Å²) >= 11 is 0. The van der Waals surface area contributed by atoms with Gasteiger partial charge in [0.2, 0.25) is 0 Å². The van der Waals surface area contributed by atoms with Gasteiger partial charge in [-0.25, -0.2) is 0 Å². The van der Waals surface area contributed by atoms with Crippen molar-refractivity contribution in [3.05, 3.63) is 29.3 Å². The zero-order chi connectivity index (χ0) is 14.4. The van der Waals surface area contributed by atoms with Crippen molar-refractivity contribution in [3.63, 3.8) is 0 Å². The van der Waals surface area contributed by atoms with Gasteiger partial charge in [0, 0.05) is 25.3 Å². The Labute approximate surface area is 124 Å². The molecule has 0 aromatic heterocycles. The number of nitrogens with zero attached hydrogens (tertiary/aromatic N) is 1. The molecule has 0 radical (unpaired) electrons. The molecular formula is C18H30N2.